The van der Waals surface area contributed by atoms with Gasteiger partial charge in [-0.2, -0.15) is 0 Å². The van der Waals surface area contributed by atoms with Gasteiger partial charge in [0.2, 0.25) is 0 Å². The molecule has 5 nitrogen and oxygen atoms in total. The molecule has 0 bridgehead atoms. The molecule has 1 heterocycles. The van der Waals surface area contributed by atoms with E-state index in [4.69, 9.17) is 33.7 Å². The van der Waals surface area contributed by atoms with Crippen LogP contribution in [0.2, 0.25) is 10.3 Å². The number of carbonyl (C=O) groups is 2. The van der Waals surface area contributed by atoms with Crippen LogP contribution in [0.3, 0.4) is 0 Å². The van der Waals surface area contributed by atoms with Gasteiger partial charge in [-0.05, 0) is 24.3 Å². The van der Waals surface area contributed by atoms with Crippen LogP contribution in [0.4, 0.5) is 0 Å². The number of pyridine rings is 1. The average molecular weight is 325 g/mol. The number of ketones is 1. The van der Waals surface area contributed by atoms with Crippen molar-refractivity contribution in [2.45, 2.75) is 0 Å². The highest BCUT2D eigenvalue weighted by Gasteiger charge is 2.16. The molecule has 2 rings (SSSR count). The van der Waals surface area contributed by atoms with Gasteiger partial charge in [-0.1, -0.05) is 35.3 Å². The van der Waals surface area contributed by atoms with Gasteiger partial charge in [0, 0.05) is 0 Å². The van der Waals surface area contributed by atoms with Gasteiger partial charge in [0.05, 0.1) is 17.7 Å². The van der Waals surface area contributed by atoms with Crippen molar-refractivity contribution in [2.75, 3.05) is 6.54 Å². The van der Waals surface area contributed by atoms with Gasteiger partial charge in [-0.15, -0.1) is 0 Å². The van der Waals surface area contributed by atoms with E-state index in [2.05, 4.69) is 4.98 Å². The van der Waals surface area contributed by atoms with E-state index in [0.29, 0.717) is 0 Å². The summed E-state index contributed by atoms with van der Waals surface area (Å²) in [5.74, 6) is -0.898. The van der Waals surface area contributed by atoms with Crippen molar-refractivity contribution in [3.63, 3.8) is 0 Å². The summed E-state index contributed by atoms with van der Waals surface area (Å²) in [7, 11) is 0. The number of aromatic nitrogens is 1. The number of nitrogens with two attached hydrogens (primary N) is 1. The lowest BCUT2D eigenvalue weighted by Crippen LogP contribution is -2.17. The van der Waals surface area contributed by atoms with Crippen molar-refractivity contribution in [1.29, 1.82) is 0 Å². The van der Waals surface area contributed by atoms with Crippen LogP contribution in [0.1, 0.15) is 20.7 Å². The highest BCUT2D eigenvalue weighted by Crippen LogP contribution is 2.21. The first-order valence-electron chi connectivity index (χ1n) is 5.89. The molecule has 0 aliphatic rings. The minimum Gasteiger partial charge on any atom is -0.422 e. The molecular weight excluding hydrogens is 315 g/mol. The molecule has 0 saturated carbocycles. The number of benzene rings is 1. The maximum absolute atomic E-state index is 12.1. The van der Waals surface area contributed by atoms with Crippen molar-refractivity contribution < 1.29 is 14.3 Å². The Labute approximate surface area is 130 Å². The first-order chi connectivity index (χ1) is 10.0. The topological polar surface area (TPSA) is 82.3 Å². The molecule has 0 aliphatic carbocycles. The summed E-state index contributed by atoms with van der Waals surface area (Å²) >= 11 is 11.5. The van der Waals surface area contributed by atoms with Crippen molar-refractivity contribution in [3.05, 3.63) is 57.8 Å². The van der Waals surface area contributed by atoms with Gasteiger partial charge < -0.3 is 10.5 Å². The monoisotopic (exact) mass is 324 g/mol. The van der Waals surface area contributed by atoms with Gasteiger partial charge >= 0.3 is 5.97 Å². The summed E-state index contributed by atoms with van der Waals surface area (Å²) in [6, 6.07) is 8.98. The van der Waals surface area contributed by atoms with Crippen LogP contribution in [-0.4, -0.2) is 23.3 Å². The van der Waals surface area contributed by atoms with E-state index >= 15 is 0 Å². The lowest BCUT2D eigenvalue weighted by Gasteiger charge is -2.09. The molecule has 1 aromatic carbocycles. The Bertz CT molecular complexity index is 684. The Balaban J connectivity index is 2.30. The number of para-hydroxylation sites is 1. The first kappa shape index (κ1) is 15.4. The number of carbonyl (C=O) groups excluding carboxylic acids is 2. The van der Waals surface area contributed by atoms with Crippen LogP contribution in [-0.2, 0) is 0 Å². The normalized spacial score (nSPS) is 10.2. The third kappa shape index (κ3) is 3.78. The van der Waals surface area contributed by atoms with E-state index in [-0.39, 0.29) is 39.5 Å². The van der Waals surface area contributed by atoms with Crippen LogP contribution < -0.4 is 10.5 Å². The number of ether oxygens (including phenoxy) is 1. The highest BCUT2D eigenvalue weighted by molar-refractivity contribution is 6.33. The quantitative estimate of drug-likeness (QED) is 0.404. The lowest BCUT2D eigenvalue weighted by molar-refractivity contribution is 0.0732. The molecule has 2 N–H and O–H groups in total. The van der Waals surface area contributed by atoms with Crippen LogP contribution in [0, 0.1) is 0 Å². The SMILES string of the molecule is NCC(=O)c1ccccc1OC(=O)c1cc(Cl)nc(Cl)c1. The molecule has 0 atom stereocenters. The second kappa shape index (κ2) is 6.67. The third-order valence-electron chi connectivity index (χ3n) is 2.57. The number of nitrogens with zero attached hydrogens (tertiary/aromatic N) is 1. The fraction of sp³-hybridized carbons (Fsp3) is 0.0714. The fourth-order valence-corrected chi connectivity index (χ4v) is 2.10. The number of rotatable bonds is 4. The van der Waals surface area contributed by atoms with E-state index in [1.165, 1.54) is 24.3 Å². The van der Waals surface area contributed by atoms with Gasteiger partial charge in [-0.3, -0.25) is 4.79 Å². The Hall–Kier alpha value is -1.95. The molecule has 0 unspecified atom stereocenters. The summed E-state index contributed by atoms with van der Waals surface area (Å²) in [6.07, 6.45) is 0. The molecule has 2 aromatic rings. The molecule has 108 valence electrons. The molecule has 7 heteroatoms. The summed E-state index contributed by atoms with van der Waals surface area (Å²) < 4.78 is 5.20. The molecular formula is C14H10Cl2N2O3. The van der Waals surface area contributed by atoms with E-state index < -0.39 is 5.97 Å². The minimum absolute atomic E-state index is 0.0702. The van der Waals surface area contributed by atoms with Gasteiger partial charge in [0.15, 0.2) is 5.78 Å². The highest BCUT2D eigenvalue weighted by atomic mass is 35.5. The van der Waals surface area contributed by atoms with Crippen LogP contribution >= 0.6 is 23.2 Å². The number of Topliss-reactive ketones (excluding diaryl/α,β-unsaturated/α-hetero) is 1. The molecule has 21 heavy (non-hydrogen) atoms. The van der Waals surface area contributed by atoms with Gasteiger partial charge in [0.1, 0.15) is 16.1 Å². The molecule has 0 spiro atoms. The van der Waals surface area contributed by atoms with Crippen molar-refractivity contribution in [2.24, 2.45) is 5.73 Å². The van der Waals surface area contributed by atoms with Crippen molar-refractivity contribution >= 4 is 35.0 Å². The smallest absolute Gasteiger partial charge is 0.343 e. The summed E-state index contributed by atoms with van der Waals surface area (Å²) in [5, 5.41) is 0.140. The Kier molecular flexibility index (Phi) is 4.90. The number of halogens is 2. The van der Waals surface area contributed by atoms with Crippen LogP contribution in [0.25, 0.3) is 0 Å². The van der Waals surface area contributed by atoms with E-state index in [9.17, 15) is 9.59 Å². The predicted octanol–water partition coefficient (Wildman–Crippen LogP) is 2.75. The maximum atomic E-state index is 12.1. The van der Waals surface area contributed by atoms with E-state index in [1.807, 2.05) is 0 Å². The number of hydrogen-bond acceptors (Lipinski definition) is 5. The fourth-order valence-electron chi connectivity index (χ4n) is 1.64. The summed E-state index contributed by atoms with van der Waals surface area (Å²) in [6.45, 7) is -0.179. The second-order valence-corrected chi connectivity index (χ2v) is 4.79. The third-order valence-corrected chi connectivity index (χ3v) is 2.96. The average Bonchev–Trinajstić information content (AvgIpc) is 2.46. The number of esters is 1. The zero-order chi connectivity index (χ0) is 15.4. The lowest BCUT2D eigenvalue weighted by atomic mass is 10.1. The maximum Gasteiger partial charge on any atom is 0.343 e. The largest absolute Gasteiger partial charge is 0.422 e. The molecule has 0 amide bonds. The van der Waals surface area contributed by atoms with Gasteiger partial charge in [0.25, 0.3) is 0 Å². The Morgan fingerprint density at radius 2 is 1.76 bits per heavy atom. The standard InChI is InChI=1S/C14H10Cl2N2O3/c15-12-5-8(6-13(16)18-12)14(20)21-11-4-2-1-3-9(11)10(19)7-17/h1-6H,7,17H2. The number of hydrogen-bond donors (Lipinski definition) is 1. The second-order valence-electron chi connectivity index (χ2n) is 4.01. The molecule has 0 saturated heterocycles. The summed E-state index contributed by atoms with van der Waals surface area (Å²) in [5.41, 5.74) is 5.69. The van der Waals surface area contributed by atoms with E-state index in [1.54, 1.807) is 12.1 Å². The van der Waals surface area contributed by atoms with Crippen molar-refractivity contribution in [3.8, 4) is 5.75 Å². The molecule has 0 fully saturated rings. The van der Waals surface area contributed by atoms with Crippen molar-refractivity contribution in [1.82, 2.24) is 4.98 Å². The van der Waals surface area contributed by atoms with Crippen LogP contribution in [0.5, 0.6) is 5.75 Å². The van der Waals surface area contributed by atoms with E-state index in [0.717, 1.165) is 0 Å². The molecule has 0 aliphatic heterocycles. The van der Waals surface area contributed by atoms with Crippen LogP contribution in [0.15, 0.2) is 36.4 Å². The predicted molar refractivity (Wildman–Crippen MR) is 79.0 cm³/mol. The first-order valence-corrected chi connectivity index (χ1v) is 6.64. The minimum atomic E-state index is -0.696. The molecule has 0 radical (unpaired) electrons. The molecule has 1 aromatic heterocycles. The Morgan fingerprint density at radius 3 is 2.38 bits per heavy atom. The zero-order valence-electron chi connectivity index (χ0n) is 10.7. The van der Waals surface area contributed by atoms with Gasteiger partial charge in [-0.25, -0.2) is 9.78 Å². The Morgan fingerprint density at radius 1 is 1.14 bits per heavy atom. The zero-order valence-corrected chi connectivity index (χ0v) is 12.2. The summed E-state index contributed by atoms with van der Waals surface area (Å²) in [4.78, 5) is 27.5.